The van der Waals surface area contributed by atoms with Crippen molar-refractivity contribution < 1.29 is 4.79 Å². The zero-order valence-electron chi connectivity index (χ0n) is 7.76. The molecule has 1 aliphatic rings. The van der Waals surface area contributed by atoms with E-state index in [1.165, 1.54) is 5.56 Å². The first-order valence-corrected chi connectivity index (χ1v) is 6.13. The van der Waals surface area contributed by atoms with Crippen LogP contribution in [0.3, 0.4) is 0 Å². The number of hydrogen-bond acceptors (Lipinski definition) is 1. The zero-order chi connectivity index (χ0) is 10.3. The molecule has 1 fully saturated rings. The SMILES string of the molecule is CC(=O)C1CC1c1cc(Br)cc(Br)c1. The molecule has 74 valence electrons. The molecule has 0 aliphatic heterocycles. The minimum absolute atomic E-state index is 0.260. The molecule has 2 atom stereocenters. The minimum Gasteiger partial charge on any atom is -0.300 e. The lowest BCUT2D eigenvalue weighted by Crippen LogP contribution is -1.94. The highest BCUT2D eigenvalue weighted by molar-refractivity contribution is 9.11. The second kappa shape index (κ2) is 3.78. The number of hydrogen-bond donors (Lipinski definition) is 0. The standard InChI is InChI=1S/C11H10Br2O/c1-6(14)10-5-11(10)7-2-8(12)4-9(13)3-7/h2-4,10-11H,5H2,1H3. The first kappa shape index (κ1) is 10.4. The van der Waals surface area contributed by atoms with Crippen LogP contribution in [0.15, 0.2) is 27.1 Å². The number of ketones is 1. The molecule has 0 radical (unpaired) electrons. The average molecular weight is 318 g/mol. The van der Waals surface area contributed by atoms with Gasteiger partial charge in [-0.2, -0.15) is 0 Å². The molecule has 0 amide bonds. The number of rotatable bonds is 2. The van der Waals surface area contributed by atoms with Crippen LogP contribution in [-0.2, 0) is 4.79 Å². The third kappa shape index (κ3) is 2.09. The average Bonchev–Trinajstić information content (AvgIpc) is 2.79. The van der Waals surface area contributed by atoms with Crippen molar-refractivity contribution in [1.82, 2.24) is 0 Å². The van der Waals surface area contributed by atoms with Gasteiger partial charge in [-0.25, -0.2) is 0 Å². The molecule has 14 heavy (non-hydrogen) atoms. The fraction of sp³-hybridized carbons (Fsp3) is 0.364. The van der Waals surface area contributed by atoms with E-state index in [9.17, 15) is 4.79 Å². The highest BCUT2D eigenvalue weighted by Crippen LogP contribution is 2.48. The van der Waals surface area contributed by atoms with Crippen LogP contribution in [0.2, 0.25) is 0 Å². The second-order valence-electron chi connectivity index (χ2n) is 3.76. The molecule has 1 aromatic carbocycles. The Morgan fingerprint density at radius 3 is 2.29 bits per heavy atom. The lowest BCUT2D eigenvalue weighted by atomic mass is 10.1. The van der Waals surface area contributed by atoms with Crippen LogP contribution in [0.5, 0.6) is 0 Å². The Labute approximate surface area is 100 Å². The van der Waals surface area contributed by atoms with Crippen LogP contribution in [0.4, 0.5) is 0 Å². The van der Waals surface area contributed by atoms with Crippen molar-refractivity contribution in [2.75, 3.05) is 0 Å². The van der Waals surface area contributed by atoms with E-state index in [0.717, 1.165) is 15.4 Å². The van der Waals surface area contributed by atoms with E-state index in [1.807, 2.05) is 6.07 Å². The van der Waals surface area contributed by atoms with Crippen LogP contribution in [0.25, 0.3) is 0 Å². The van der Waals surface area contributed by atoms with Crippen LogP contribution in [0, 0.1) is 5.92 Å². The Bertz CT molecular complexity index is 367. The Kier molecular flexibility index (Phi) is 2.80. The summed E-state index contributed by atoms with van der Waals surface area (Å²) in [6.07, 6.45) is 1.01. The molecule has 0 heterocycles. The van der Waals surface area contributed by atoms with Crippen molar-refractivity contribution in [2.45, 2.75) is 19.3 Å². The van der Waals surface area contributed by atoms with E-state index >= 15 is 0 Å². The summed E-state index contributed by atoms with van der Waals surface area (Å²) in [5.41, 5.74) is 1.26. The summed E-state index contributed by atoms with van der Waals surface area (Å²) in [7, 11) is 0. The van der Waals surface area contributed by atoms with Gasteiger partial charge in [-0.05, 0) is 43.0 Å². The molecule has 0 spiro atoms. The second-order valence-corrected chi connectivity index (χ2v) is 5.59. The van der Waals surface area contributed by atoms with Crippen molar-refractivity contribution >= 4 is 37.6 Å². The normalized spacial score (nSPS) is 24.8. The van der Waals surface area contributed by atoms with Gasteiger partial charge < -0.3 is 0 Å². The topological polar surface area (TPSA) is 17.1 Å². The van der Waals surface area contributed by atoms with E-state index in [1.54, 1.807) is 6.92 Å². The van der Waals surface area contributed by atoms with Gasteiger partial charge in [-0.1, -0.05) is 31.9 Å². The van der Waals surface area contributed by atoms with Gasteiger partial charge in [-0.3, -0.25) is 4.79 Å². The smallest absolute Gasteiger partial charge is 0.133 e. The van der Waals surface area contributed by atoms with Crippen molar-refractivity contribution in [3.05, 3.63) is 32.7 Å². The van der Waals surface area contributed by atoms with Crippen LogP contribution in [-0.4, -0.2) is 5.78 Å². The fourth-order valence-electron chi connectivity index (χ4n) is 1.80. The van der Waals surface area contributed by atoms with Gasteiger partial charge >= 0.3 is 0 Å². The number of carbonyl (C=O) groups is 1. The number of Topliss-reactive ketones (excluding diaryl/α,β-unsaturated/α-hetero) is 1. The summed E-state index contributed by atoms with van der Waals surface area (Å²) in [6, 6.07) is 6.20. The number of halogens is 2. The third-order valence-electron chi connectivity index (χ3n) is 2.63. The molecule has 2 unspecified atom stereocenters. The summed E-state index contributed by atoms with van der Waals surface area (Å²) in [5.74, 6) is 1.02. The Morgan fingerprint density at radius 2 is 1.86 bits per heavy atom. The predicted octanol–water partition coefficient (Wildman–Crippen LogP) is 3.90. The molecule has 2 rings (SSSR count). The zero-order valence-corrected chi connectivity index (χ0v) is 10.9. The van der Waals surface area contributed by atoms with E-state index in [0.29, 0.717) is 11.7 Å². The van der Waals surface area contributed by atoms with Gasteiger partial charge in [0.2, 0.25) is 0 Å². The number of carbonyl (C=O) groups excluding carboxylic acids is 1. The van der Waals surface area contributed by atoms with Crippen molar-refractivity contribution in [2.24, 2.45) is 5.92 Å². The Balaban J connectivity index is 2.23. The highest BCUT2D eigenvalue weighted by atomic mass is 79.9. The molecule has 0 bridgehead atoms. The lowest BCUT2D eigenvalue weighted by Gasteiger charge is -2.01. The molecular weight excluding hydrogens is 308 g/mol. The molecule has 0 aromatic heterocycles. The van der Waals surface area contributed by atoms with E-state index in [2.05, 4.69) is 44.0 Å². The summed E-state index contributed by atoms with van der Waals surface area (Å²) in [6.45, 7) is 1.68. The molecule has 3 heteroatoms. The van der Waals surface area contributed by atoms with Crippen LogP contribution in [0.1, 0.15) is 24.8 Å². The maximum atomic E-state index is 11.1. The van der Waals surface area contributed by atoms with Gasteiger partial charge in [0, 0.05) is 14.9 Å². The number of benzene rings is 1. The molecule has 1 aromatic rings. The van der Waals surface area contributed by atoms with Gasteiger partial charge in [0.05, 0.1) is 0 Å². The molecule has 0 saturated heterocycles. The predicted molar refractivity (Wildman–Crippen MR) is 63.4 cm³/mol. The summed E-state index contributed by atoms with van der Waals surface area (Å²) < 4.78 is 2.13. The van der Waals surface area contributed by atoms with Gasteiger partial charge in [0.15, 0.2) is 0 Å². The summed E-state index contributed by atoms with van der Waals surface area (Å²) in [5, 5.41) is 0. The molecular formula is C11H10Br2O. The van der Waals surface area contributed by atoms with Gasteiger partial charge in [0.25, 0.3) is 0 Å². The Hall–Kier alpha value is -0.150. The Morgan fingerprint density at radius 1 is 1.29 bits per heavy atom. The van der Waals surface area contributed by atoms with E-state index in [-0.39, 0.29) is 5.92 Å². The first-order chi connectivity index (χ1) is 6.58. The maximum absolute atomic E-state index is 11.1. The molecule has 1 nitrogen and oxygen atoms in total. The monoisotopic (exact) mass is 316 g/mol. The maximum Gasteiger partial charge on any atom is 0.133 e. The van der Waals surface area contributed by atoms with E-state index < -0.39 is 0 Å². The molecule has 1 saturated carbocycles. The van der Waals surface area contributed by atoms with Gasteiger partial charge in [0.1, 0.15) is 5.78 Å². The quantitative estimate of drug-likeness (QED) is 0.808. The first-order valence-electron chi connectivity index (χ1n) is 4.54. The van der Waals surface area contributed by atoms with Crippen molar-refractivity contribution in [3.63, 3.8) is 0 Å². The molecule has 1 aliphatic carbocycles. The van der Waals surface area contributed by atoms with Crippen molar-refractivity contribution in [1.29, 1.82) is 0 Å². The summed E-state index contributed by atoms with van der Waals surface area (Å²) in [4.78, 5) is 11.1. The largest absolute Gasteiger partial charge is 0.300 e. The van der Waals surface area contributed by atoms with Gasteiger partial charge in [-0.15, -0.1) is 0 Å². The highest BCUT2D eigenvalue weighted by Gasteiger charge is 2.41. The summed E-state index contributed by atoms with van der Waals surface area (Å²) >= 11 is 6.90. The third-order valence-corrected chi connectivity index (χ3v) is 3.54. The van der Waals surface area contributed by atoms with E-state index in [4.69, 9.17) is 0 Å². The van der Waals surface area contributed by atoms with Crippen LogP contribution >= 0.6 is 31.9 Å². The minimum atomic E-state index is 0.260. The van der Waals surface area contributed by atoms with Crippen molar-refractivity contribution in [3.8, 4) is 0 Å². The fourth-order valence-corrected chi connectivity index (χ4v) is 3.13. The lowest BCUT2D eigenvalue weighted by molar-refractivity contribution is -0.118. The molecule has 0 N–H and O–H groups in total. The van der Waals surface area contributed by atoms with Crippen LogP contribution < -0.4 is 0 Å².